The van der Waals surface area contributed by atoms with Crippen molar-refractivity contribution in [1.29, 1.82) is 0 Å². The van der Waals surface area contributed by atoms with Crippen LogP contribution < -0.4 is 5.73 Å². The highest BCUT2D eigenvalue weighted by Gasteiger charge is 2.27. The van der Waals surface area contributed by atoms with Gasteiger partial charge in [-0.1, -0.05) is 0 Å². The van der Waals surface area contributed by atoms with E-state index < -0.39 is 5.91 Å². The van der Waals surface area contributed by atoms with Crippen LogP contribution in [0.15, 0.2) is 18.2 Å². The number of aromatic nitrogens is 2. The van der Waals surface area contributed by atoms with Crippen LogP contribution in [0.2, 0.25) is 0 Å². The largest absolute Gasteiger partial charge is 0.364 e. The minimum atomic E-state index is -0.541. The van der Waals surface area contributed by atoms with E-state index in [1.165, 1.54) is 11.3 Å². The number of H-pyrrole nitrogens is 1. The molecule has 1 unspecified atom stereocenters. The van der Waals surface area contributed by atoms with Crippen LogP contribution in [-0.2, 0) is 0 Å². The number of rotatable bonds is 3. The normalized spacial score (nSPS) is 18.4. The van der Waals surface area contributed by atoms with Gasteiger partial charge in [0.15, 0.2) is 0 Å². The van der Waals surface area contributed by atoms with Crippen molar-refractivity contribution in [3.05, 3.63) is 39.3 Å². The SMILES string of the molecule is Cc1ccc(C(=O)N2CCCC(c3cc(C(N)=O)n[nH]3)C2)s1. The van der Waals surface area contributed by atoms with Gasteiger partial charge in [0, 0.05) is 29.6 Å². The van der Waals surface area contributed by atoms with E-state index in [9.17, 15) is 9.59 Å². The van der Waals surface area contributed by atoms with Crippen molar-refractivity contribution in [3.8, 4) is 0 Å². The van der Waals surface area contributed by atoms with E-state index in [4.69, 9.17) is 5.73 Å². The molecule has 22 heavy (non-hydrogen) atoms. The van der Waals surface area contributed by atoms with Crippen LogP contribution in [0.25, 0.3) is 0 Å². The van der Waals surface area contributed by atoms with Crippen molar-refractivity contribution in [1.82, 2.24) is 15.1 Å². The maximum atomic E-state index is 12.5. The van der Waals surface area contributed by atoms with E-state index in [1.54, 1.807) is 6.07 Å². The van der Waals surface area contributed by atoms with Gasteiger partial charge in [0.1, 0.15) is 5.69 Å². The smallest absolute Gasteiger partial charge is 0.269 e. The third kappa shape index (κ3) is 2.89. The molecule has 1 atom stereocenters. The molecule has 3 heterocycles. The molecule has 0 aliphatic carbocycles. The Morgan fingerprint density at radius 3 is 2.91 bits per heavy atom. The number of nitrogens with zero attached hydrogens (tertiary/aromatic N) is 2. The molecule has 1 fully saturated rings. The van der Waals surface area contributed by atoms with Gasteiger partial charge in [0.05, 0.1) is 4.88 Å². The molecular formula is C15H18N4O2S. The third-order valence-electron chi connectivity index (χ3n) is 3.95. The van der Waals surface area contributed by atoms with Crippen molar-refractivity contribution in [3.63, 3.8) is 0 Å². The molecule has 0 radical (unpaired) electrons. The number of aromatic amines is 1. The number of carbonyl (C=O) groups excluding carboxylic acids is 2. The highest BCUT2D eigenvalue weighted by atomic mass is 32.1. The molecule has 1 aliphatic rings. The van der Waals surface area contributed by atoms with Gasteiger partial charge >= 0.3 is 0 Å². The highest BCUT2D eigenvalue weighted by Crippen LogP contribution is 2.28. The number of primary amides is 1. The van der Waals surface area contributed by atoms with Crippen molar-refractivity contribution in [2.45, 2.75) is 25.7 Å². The first-order valence-corrected chi connectivity index (χ1v) is 8.07. The van der Waals surface area contributed by atoms with Gasteiger partial charge in [0.25, 0.3) is 11.8 Å². The lowest BCUT2D eigenvalue weighted by atomic mass is 9.94. The van der Waals surface area contributed by atoms with Crippen LogP contribution in [0.3, 0.4) is 0 Å². The summed E-state index contributed by atoms with van der Waals surface area (Å²) in [7, 11) is 0. The standard InChI is InChI=1S/C15H18N4O2S/c1-9-4-5-13(22-9)15(21)19-6-2-3-10(8-19)11-7-12(14(16)20)18-17-11/h4-5,7,10H,2-3,6,8H2,1H3,(H2,16,20)(H,17,18). The Balaban J connectivity index is 1.73. The lowest BCUT2D eigenvalue weighted by Crippen LogP contribution is -2.38. The van der Waals surface area contributed by atoms with Crippen molar-refractivity contribution < 1.29 is 9.59 Å². The maximum absolute atomic E-state index is 12.5. The monoisotopic (exact) mass is 318 g/mol. The molecule has 2 aromatic heterocycles. The van der Waals surface area contributed by atoms with E-state index in [2.05, 4.69) is 10.2 Å². The Labute approximate surface area is 132 Å². The fourth-order valence-electron chi connectivity index (χ4n) is 2.79. The van der Waals surface area contributed by atoms with Gasteiger partial charge in [-0.15, -0.1) is 11.3 Å². The Morgan fingerprint density at radius 1 is 1.45 bits per heavy atom. The topological polar surface area (TPSA) is 92.1 Å². The summed E-state index contributed by atoms with van der Waals surface area (Å²) in [5.74, 6) is -0.294. The van der Waals surface area contributed by atoms with E-state index in [0.717, 1.165) is 34.8 Å². The summed E-state index contributed by atoms with van der Waals surface area (Å²) in [5, 5.41) is 6.80. The Kier molecular flexibility index (Phi) is 3.98. The quantitative estimate of drug-likeness (QED) is 0.905. The number of amides is 2. The number of nitrogens with two attached hydrogens (primary N) is 1. The molecule has 0 bridgehead atoms. The average molecular weight is 318 g/mol. The molecule has 0 spiro atoms. The number of carbonyl (C=O) groups is 2. The summed E-state index contributed by atoms with van der Waals surface area (Å²) in [6, 6.07) is 5.54. The molecule has 0 saturated carbocycles. The molecule has 2 amide bonds. The lowest BCUT2D eigenvalue weighted by Gasteiger charge is -2.32. The molecule has 1 saturated heterocycles. The summed E-state index contributed by atoms with van der Waals surface area (Å²) in [5.41, 5.74) is 6.34. The maximum Gasteiger partial charge on any atom is 0.269 e. The zero-order valence-electron chi connectivity index (χ0n) is 12.3. The minimum absolute atomic E-state index is 0.0810. The van der Waals surface area contributed by atoms with Gasteiger partial charge in [-0.2, -0.15) is 5.10 Å². The van der Waals surface area contributed by atoms with Crippen molar-refractivity contribution >= 4 is 23.2 Å². The number of thiophene rings is 1. The highest BCUT2D eigenvalue weighted by molar-refractivity contribution is 7.13. The van der Waals surface area contributed by atoms with Crippen LogP contribution in [0, 0.1) is 6.92 Å². The summed E-state index contributed by atoms with van der Waals surface area (Å²) in [4.78, 5) is 27.5. The number of hydrogen-bond acceptors (Lipinski definition) is 4. The lowest BCUT2D eigenvalue weighted by molar-refractivity contribution is 0.0710. The van der Waals surface area contributed by atoms with Crippen LogP contribution >= 0.6 is 11.3 Å². The second-order valence-electron chi connectivity index (χ2n) is 5.57. The van der Waals surface area contributed by atoms with Gasteiger partial charge in [-0.25, -0.2) is 0 Å². The number of likely N-dealkylation sites (tertiary alicyclic amines) is 1. The summed E-state index contributed by atoms with van der Waals surface area (Å²) >= 11 is 1.52. The Bertz CT molecular complexity index is 706. The first kappa shape index (κ1) is 14.8. The van der Waals surface area contributed by atoms with Gasteiger partial charge < -0.3 is 10.6 Å². The van der Waals surface area contributed by atoms with E-state index >= 15 is 0 Å². The third-order valence-corrected chi connectivity index (χ3v) is 4.94. The molecule has 1 aliphatic heterocycles. The molecule has 2 aromatic rings. The van der Waals surface area contributed by atoms with Crippen LogP contribution in [0.4, 0.5) is 0 Å². The molecule has 0 aromatic carbocycles. The molecule has 7 heteroatoms. The molecule has 3 N–H and O–H groups in total. The number of hydrogen-bond donors (Lipinski definition) is 2. The van der Waals surface area contributed by atoms with E-state index in [1.807, 2.05) is 24.0 Å². The van der Waals surface area contributed by atoms with Crippen LogP contribution in [0.1, 0.15) is 49.5 Å². The summed E-state index contributed by atoms with van der Waals surface area (Å²) in [6.07, 6.45) is 1.90. The summed E-state index contributed by atoms with van der Waals surface area (Å²) in [6.45, 7) is 3.40. The minimum Gasteiger partial charge on any atom is -0.364 e. The van der Waals surface area contributed by atoms with Crippen molar-refractivity contribution in [2.24, 2.45) is 5.73 Å². The summed E-state index contributed by atoms with van der Waals surface area (Å²) < 4.78 is 0. The van der Waals surface area contributed by atoms with Crippen LogP contribution in [0.5, 0.6) is 0 Å². The molecular weight excluding hydrogens is 300 g/mol. The molecule has 3 rings (SSSR count). The Morgan fingerprint density at radius 2 is 2.27 bits per heavy atom. The predicted octanol–water partition coefficient (Wildman–Crippen LogP) is 1.90. The van der Waals surface area contributed by atoms with Gasteiger partial charge in [0.2, 0.25) is 0 Å². The van der Waals surface area contributed by atoms with E-state index in [0.29, 0.717) is 6.54 Å². The molecule has 6 nitrogen and oxygen atoms in total. The predicted molar refractivity (Wildman–Crippen MR) is 84.0 cm³/mol. The first-order chi connectivity index (χ1) is 10.5. The first-order valence-electron chi connectivity index (χ1n) is 7.25. The zero-order valence-corrected chi connectivity index (χ0v) is 13.2. The second-order valence-corrected chi connectivity index (χ2v) is 6.86. The van der Waals surface area contributed by atoms with Gasteiger partial charge in [-0.3, -0.25) is 14.7 Å². The number of piperidine rings is 1. The number of aryl methyl sites for hydroxylation is 1. The average Bonchev–Trinajstić information content (AvgIpc) is 3.15. The zero-order chi connectivity index (χ0) is 15.7. The fourth-order valence-corrected chi connectivity index (χ4v) is 3.63. The second kappa shape index (κ2) is 5.92. The van der Waals surface area contributed by atoms with E-state index in [-0.39, 0.29) is 17.5 Å². The van der Waals surface area contributed by atoms with Crippen molar-refractivity contribution in [2.75, 3.05) is 13.1 Å². The molecule has 116 valence electrons. The number of nitrogens with one attached hydrogen (secondary N) is 1. The fraction of sp³-hybridized carbons (Fsp3) is 0.400. The van der Waals surface area contributed by atoms with Crippen LogP contribution in [-0.4, -0.2) is 40.0 Å². The Hall–Kier alpha value is -2.15. The van der Waals surface area contributed by atoms with Gasteiger partial charge in [-0.05, 0) is 38.0 Å².